The highest BCUT2D eigenvalue weighted by atomic mass is 32.2. The van der Waals surface area contributed by atoms with E-state index < -0.39 is 26.5 Å². The Morgan fingerprint density at radius 1 is 1.23 bits per heavy atom. The molecule has 2 amide bonds. The summed E-state index contributed by atoms with van der Waals surface area (Å²) in [5.74, 6) is -3.50. The number of benzene rings is 1. The molecule has 0 saturated carbocycles. The molecule has 22 heavy (non-hydrogen) atoms. The highest BCUT2D eigenvalue weighted by molar-refractivity contribution is 7.91. The first kappa shape index (κ1) is 16.4. The highest BCUT2D eigenvalue weighted by Crippen LogP contribution is 2.21. The van der Waals surface area contributed by atoms with Gasteiger partial charge in [-0.1, -0.05) is 12.1 Å². The summed E-state index contributed by atoms with van der Waals surface area (Å²) in [4.78, 5) is 12.1. The van der Waals surface area contributed by atoms with Gasteiger partial charge in [-0.2, -0.15) is 8.78 Å². The zero-order valence-corrected chi connectivity index (χ0v) is 12.8. The first-order valence-electron chi connectivity index (χ1n) is 6.09. The van der Waals surface area contributed by atoms with Crippen molar-refractivity contribution in [1.82, 2.24) is 5.32 Å². The van der Waals surface area contributed by atoms with Crippen molar-refractivity contribution in [2.75, 3.05) is 5.32 Å². The van der Waals surface area contributed by atoms with Gasteiger partial charge in [0, 0.05) is 10.6 Å². The number of sulfone groups is 1. The Hall–Kier alpha value is -2.00. The molecule has 118 valence electrons. The van der Waals surface area contributed by atoms with E-state index >= 15 is 0 Å². The number of carbonyl (C=O) groups is 1. The molecule has 0 bridgehead atoms. The van der Waals surface area contributed by atoms with Crippen LogP contribution in [0.15, 0.2) is 46.7 Å². The van der Waals surface area contributed by atoms with E-state index in [9.17, 15) is 22.0 Å². The molecule has 1 aromatic heterocycles. The summed E-state index contributed by atoms with van der Waals surface area (Å²) < 4.78 is 47.7. The second-order valence-corrected chi connectivity index (χ2v) is 7.17. The number of anilines is 1. The Kier molecular flexibility index (Phi) is 5.09. The smallest absolute Gasteiger partial charge is 0.333 e. The Bertz CT molecular complexity index is 746. The zero-order chi connectivity index (χ0) is 16.2. The number of halogens is 2. The number of hydrogen-bond donors (Lipinski definition) is 2. The largest absolute Gasteiger partial charge is 0.341 e. The van der Waals surface area contributed by atoms with E-state index in [2.05, 4.69) is 10.6 Å². The van der Waals surface area contributed by atoms with E-state index in [1.54, 1.807) is 0 Å². The van der Waals surface area contributed by atoms with Crippen LogP contribution in [0.5, 0.6) is 0 Å². The van der Waals surface area contributed by atoms with Gasteiger partial charge in [0.2, 0.25) is 9.84 Å². The number of carbonyl (C=O) groups excluding carboxylic acids is 1. The van der Waals surface area contributed by atoms with Gasteiger partial charge in [0.05, 0.1) is 11.4 Å². The second-order valence-electron chi connectivity index (χ2n) is 4.22. The van der Waals surface area contributed by atoms with Crippen molar-refractivity contribution in [3.63, 3.8) is 0 Å². The minimum Gasteiger partial charge on any atom is -0.333 e. The Balaban J connectivity index is 2.02. The lowest BCUT2D eigenvalue weighted by molar-refractivity contribution is 0.235. The van der Waals surface area contributed by atoms with Crippen LogP contribution in [-0.4, -0.2) is 20.2 Å². The average molecular weight is 346 g/mol. The van der Waals surface area contributed by atoms with Crippen molar-refractivity contribution >= 4 is 32.9 Å². The Morgan fingerprint density at radius 3 is 2.64 bits per heavy atom. The van der Waals surface area contributed by atoms with Crippen molar-refractivity contribution in [3.8, 4) is 0 Å². The topological polar surface area (TPSA) is 75.3 Å². The third-order valence-corrected chi connectivity index (χ3v) is 4.91. The molecule has 1 heterocycles. The van der Waals surface area contributed by atoms with Gasteiger partial charge in [-0.25, -0.2) is 13.2 Å². The lowest BCUT2D eigenvalue weighted by Gasteiger charge is -2.09. The molecule has 0 fully saturated rings. The van der Waals surface area contributed by atoms with Crippen molar-refractivity contribution in [3.05, 3.63) is 46.7 Å². The van der Waals surface area contributed by atoms with Crippen molar-refractivity contribution in [2.24, 2.45) is 0 Å². The Labute approximate surface area is 129 Å². The van der Waals surface area contributed by atoms with E-state index in [4.69, 9.17) is 0 Å². The third kappa shape index (κ3) is 4.01. The number of nitrogens with one attached hydrogen (secondary N) is 2. The van der Waals surface area contributed by atoms with Gasteiger partial charge < -0.3 is 10.6 Å². The van der Waals surface area contributed by atoms with Crippen molar-refractivity contribution < 1.29 is 22.0 Å². The fourth-order valence-corrected chi connectivity index (χ4v) is 3.02. The number of alkyl halides is 2. The summed E-state index contributed by atoms with van der Waals surface area (Å²) in [6.07, 6.45) is 0. The van der Waals surface area contributed by atoms with Crippen LogP contribution in [0.4, 0.5) is 19.3 Å². The molecule has 0 unspecified atom stereocenters. The summed E-state index contributed by atoms with van der Waals surface area (Å²) in [6.45, 7) is 0.318. The lowest BCUT2D eigenvalue weighted by atomic mass is 10.3. The predicted octanol–water partition coefficient (Wildman–Crippen LogP) is 3.07. The van der Waals surface area contributed by atoms with Gasteiger partial charge >= 0.3 is 11.8 Å². The Morgan fingerprint density at radius 2 is 2.00 bits per heavy atom. The maximum absolute atomic E-state index is 12.5. The molecule has 2 N–H and O–H groups in total. The zero-order valence-electron chi connectivity index (χ0n) is 11.1. The molecule has 5 nitrogen and oxygen atoms in total. The highest BCUT2D eigenvalue weighted by Gasteiger charge is 2.26. The average Bonchev–Trinajstić information content (AvgIpc) is 2.98. The fraction of sp³-hybridized carbons (Fsp3) is 0.154. The number of rotatable bonds is 5. The summed E-state index contributed by atoms with van der Waals surface area (Å²) in [7, 11) is -4.69. The van der Waals surface area contributed by atoms with E-state index in [0.717, 1.165) is 17.0 Å². The molecule has 1 aromatic carbocycles. The van der Waals surface area contributed by atoms with E-state index in [0.29, 0.717) is 6.54 Å². The molecule has 0 aliphatic carbocycles. The minimum absolute atomic E-state index is 0.116. The third-order valence-electron chi connectivity index (χ3n) is 2.66. The fourth-order valence-electron chi connectivity index (χ4n) is 1.61. The first-order valence-corrected chi connectivity index (χ1v) is 8.51. The monoisotopic (exact) mass is 346 g/mol. The molecule has 0 atom stereocenters. The van der Waals surface area contributed by atoms with Crippen LogP contribution in [0.25, 0.3) is 0 Å². The quantitative estimate of drug-likeness (QED) is 0.874. The van der Waals surface area contributed by atoms with Gasteiger partial charge in [0.25, 0.3) is 0 Å². The SMILES string of the molecule is O=C(NCc1cccs1)Nc1cccc(S(=O)(=O)C(F)F)c1. The van der Waals surface area contributed by atoms with E-state index in [1.807, 2.05) is 17.5 Å². The van der Waals surface area contributed by atoms with Crippen LogP contribution >= 0.6 is 11.3 Å². The molecule has 2 aromatic rings. The molecule has 0 aliphatic heterocycles. The summed E-state index contributed by atoms with van der Waals surface area (Å²) >= 11 is 1.48. The second kappa shape index (κ2) is 6.84. The summed E-state index contributed by atoms with van der Waals surface area (Å²) in [6, 6.07) is 7.88. The predicted molar refractivity (Wildman–Crippen MR) is 79.8 cm³/mol. The maximum atomic E-state index is 12.5. The number of amides is 2. The van der Waals surface area contributed by atoms with Crippen LogP contribution < -0.4 is 10.6 Å². The molecular weight excluding hydrogens is 334 g/mol. The number of urea groups is 1. The first-order chi connectivity index (χ1) is 10.4. The normalized spacial score (nSPS) is 11.4. The number of hydrogen-bond acceptors (Lipinski definition) is 4. The van der Waals surface area contributed by atoms with Crippen LogP contribution in [-0.2, 0) is 16.4 Å². The maximum Gasteiger partial charge on any atom is 0.341 e. The van der Waals surface area contributed by atoms with Gasteiger partial charge in [-0.15, -0.1) is 11.3 Å². The van der Waals surface area contributed by atoms with Gasteiger partial charge in [0.1, 0.15) is 0 Å². The summed E-state index contributed by atoms with van der Waals surface area (Å²) in [5, 5.41) is 6.85. The molecule has 0 spiro atoms. The molecule has 0 aliphatic rings. The van der Waals surface area contributed by atoms with Crippen LogP contribution in [0, 0.1) is 0 Å². The number of thiophene rings is 1. The van der Waals surface area contributed by atoms with Gasteiger partial charge in [-0.05, 0) is 29.6 Å². The van der Waals surface area contributed by atoms with E-state index in [-0.39, 0.29) is 5.69 Å². The van der Waals surface area contributed by atoms with Crippen molar-refractivity contribution in [1.29, 1.82) is 0 Å². The van der Waals surface area contributed by atoms with Gasteiger partial charge in [-0.3, -0.25) is 0 Å². The van der Waals surface area contributed by atoms with E-state index in [1.165, 1.54) is 23.5 Å². The van der Waals surface area contributed by atoms with Gasteiger partial charge in [0.15, 0.2) is 0 Å². The van der Waals surface area contributed by atoms with Crippen LogP contribution in [0.2, 0.25) is 0 Å². The molecule has 0 saturated heterocycles. The molecule has 0 radical (unpaired) electrons. The minimum atomic E-state index is -4.69. The molecular formula is C13H12F2N2O3S2. The summed E-state index contributed by atoms with van der Waals surface area (Å²) in [5.41, 5.74) is 0.116. The molecule has 9 heteroatoms. The van der Waals surface area contributed by atoms with Crippen LogP contribution in [0.1, 0.15) is 4.88 Å². The lowest BCUT2D eigenvalue weighted by Crippen LogP contribution is -2.27. The van der Waals surface area contributed by atoms with Crippen LogP contribution in [0.3, 0.4) is 0 Å². The standard InChI is InChI=1S/C13H12F2N2O3S2/c14-12(15)22(19,20)11-5-1-3-9(7-11)17-13(18)16-8-10-4-2-6-21-10/h1-7,12H,8H2,(H2,16,17,18). The molecule has 2 rings (SSSR count). The van der Waals surface area contributed by atoms with Crippen molar-refractivity contribution in [2.45, 2.75) is 17.2 Å².